The Bertz CT molecular complexity index is 478. The van der Waals surface area contributed by atoms with E-state index in [0.717, 1.165) is 0 Å². The fourth-order valence-corrected chi connectivity index (χ4v) is 1.45. The predicted octanol–water partition coefficient (Wildman–Crippen LogP) is 0.914. The average molecular weight is 208 g/mol. The molecule has 2 atom stereocenters. The number of nitrogens with two attached hydrogens (primary N) is 1. The van der Waals surface area contributed by atoms with Gasteiger partial charge in [-0.25, -0.2) is 4.98 Å². The molecule has 2 aromatic rings. The van der Waals surface area contributed by atoms with Crippen LogP contribution in [0.2, 0.25) is 0 Å². The second-order valence-electron chi connectivity index (χ2n) is 3.51. The van der Waals surface area contributed by atoms with Gasteiger partial charge in [-0.2, -0.15) is 0 Å². The van der Waals surface area contributed by atoms with Crippen molar-refractivity contribution < 1.29 is 14.6 Å². The summed E-state index contributed by atoms with van der Waals surface area (Å²) in [5.74, 6) is -0.102. The van der Waals surface area contributed by atoms with Crippen LogP contribution in [-0.4, -0.2) is 21.2 Å². The van der Waals surface area contributed by atoms with Crippen LogP contribution >= 0.6 is 0 Å². The van der Waals surface area contributed by atoms with Crippen molar-refractivity contribution >= 4 is 11.1 Å². The first-order valence-electron chi connectivity index (χ1n) is 4.60. The number of oxazole rings is 1. The van der Waals surface area contributed by atoms with Crippen LogP contribution in [0, 0.1) is 0 Å². The van der Waals surface area contributed by atoms with Crippen molar-refractivity contribution in [2.24, 2.45) is 5.73 Å². The molecule has 0 aliphatic heterocycles. The zero-order valence-electron chi connectivity index (χ0n) is 8.21. The highest BCUT2D eigenvalue weighted by molar-refractivity contribution is 5.80. The van der Waals surface area contributed by atoms with Crippen LogP contribution in [0.3, 0.4) is 0 Å². The van der Waals surface area contributed by atoms with Gasteiger partial charge in [0.2, 0.25) is 0 Å². The zero-order chi connectivity index (χ0) is 11.0. The molecule has 5 heteroatoms. The Morgan fingerprint density at radius 1 is 1.47 bits per heavy atom. The molecule has 0 saturated heterocycles. The lowest BCUT2D eigenvalue weighted by Crippen LogP contribution is -2.24. The number of aliphatic hydroxyl groups excluding tert-OH is 1. The molecule has 15 heavy (non-hydrogen) atoms. The van der Waals surface area contributed by atoms with Gasteiger partial charge in [0.05, 0.1) is 6.10 Å². The molecule has 0 radical (unpaired) electrons. The van der Waals surface area contributed by atoms with Crippen LogP contribution in [0.4, 0.5) is 0 Å². The molecule has 0 aliphatic carbocycles. The number of rotatable bonds is 2. The Kier molecular flexibility index (Phi) is 2.34. The quantitative estimate of drug-likeness (QED) is 0.682. The van der Waals surface area contributed by atoms with E-state index in [-0.39, 0.29) is 11.3 Å². The largest absolute Gasteiger partial charge is 0.504 e. The van der Waals surface area contributed by atoms with E-state index in [9.17, 15) is 10.2 Å². The van der Waals surface area contributed by atoms with Crippen molar-refractivity contribution in [1.82, 2.24) is 4.98 Å². The number of benzene rings is 1. The van der Waals surface area contributed by atoms with Gasteiger partial charge >= 0.3 is 0 Å². The maximum Gasteiger partial charge on any atom is 0.196 e. The molecular weight excluding hydrogens is 196 g/mol. The van der Waals surface area contributed by atoms with Gasteiger partial charge in [-0.3, -0.25) is 0 Å². The molecule has 5 nitrogen and oxygen atoms in total. The predicted molar refractivity (Wildman–Crippen MR) is 54.3 cm³/mol. The van der Waals surface area contributed by atoms with Crippen molar-refractivity contribution in [2.45, 2.75) is 19.1 Å². The van der Waals surface area contributed by atoms with Crippen LogP contribution in [-0.2, 0) is 0 Å². The maximum absolute atomic E-state index is 9.81. The fraction of sp³-hybridized carbons (Fsp3) is 0.300. The monoisotopic (exact) mass is 208 g/mol. The van der Waals surface area contributed by atoms with E-state index in [1.54, 1.807) is 19.1 Å². The number of phenolic OH excluding ortho intramolecular Hbond substituents is 1. The van der Waals surface area contributed by atoms with Crippen molar-refractivity contribution in [1.29, 1.82) is 0 Å². The van der Waals surface area contributed by atoms with Crippen molar-refractivity contribution in [3.8, 4) is 5.75 Å². The van der Waals surface area contributed by atoms with E-state index >= 15 is 0 Å². The number of hydrogen-bond donors (Lipinski definition) is 3. The standard InChI is InChI=1S/C10H12N2O3/c1-5(11)8(13)6-2-3-7-10(9(6)14)15-4-12-7/h2-5,8,13-14H,11H2,1H3. The van der Waals surface area contributed by atoms with Gasteiger partial charge in [0.15, 0.2) is 17.7 Å². The highest BCUT2D eigenvalue weighted by atomic mass is 16.4. The summed E-state index contributed by atoms with van der Waals surface area (Å²) in [6, 6.07) is 2.80. The molecule has 1 aromatic heterocycles. The van der Waals surface area contributed by atoms with E-state index in [1.807, 2.05) is 0 Å². The maximum atomic E-state index is 9.81. The molecule has 2 unspecified atom stereocenters. The van der Waals surface area contributed by atoms with Crippen LogP contribution in [0.5, 0.6) is 5.75 Å². The molecule has 0 aliphatic rings. The van der Waals surface area contributed by atoms with Crippen LogP contribution < -0.4 is 5.73 Å². The third-order valence-corrected chi connectivity index (χ3v) is 2.32. The summed E-state index contributed by atoms with van der Waals surface area (Å²) in [6.07, 6.45) is 0.325. The summed E-state index contributed by atoms with van der Waals surface area (Å²) in [6.45, 7) is 1.66. The number of aromatic nitrogens is 1. The van der Waals surface area contributed by atoms with Gasteiger partial charge < -0.3 is 20.4 Å². The topological polar surface area (TPSA) is 92.5 Å². The van der Waals surface area contributed by atoms with E-state index in [1.165, 1.54) is 6.39 Å². The summed E-state index contributed by atoms with van der Waals surface area (Å²) >= 11 is 0. The van der Waals surface area contributed by atoms with Gasteiger partial charge in [-0.05, 0) is 13.0 Å². The first kappa shape index (κ1) is 9.95. The minimum absolute atomic E-state index is 0.102. The highest BCUT2D eigenvalue weighted by Gasteiger charge is 2.19. The number of phenols is 1. The molecule has 0 bridgehead atoms. The van der Waals surface area contributed by atoms with Gasteiger partial charge in [-0.15, -0.1) is 0 Å². The summed E-state index contributed by atoms with van der Waals surface area (Å²) in [5, 5.41) is 19.5. The Balaban J connectivity index is 2.57. The number of aliphatic hydroxyl groups is 1. The molecule has 0 fully saturated rings. The lowest BCUT2D eigenvalue weighted by Gasteiger charge is -2.15. The molecule has 0 amide bonds. The molecule has 1 aromatic carbocycles. The first-order valence-corrected chi connectivity index (χ1v) is 4.60. The molecular formula is C10H12N2O3. The third kappa shape index (κ3) is 1.55. The molecule has 0 spiro atoms. The Morgan fingerprint density at radius 3 is 2.87 bits per heavy atom. The summed E-state index contributed by atoms with van der Waals surface area (Å²) in [4.78, 5) is 3.89. The molecule has 4 N–H and O–H groups in total. The lowest BCUT2D eigenvalue weighted by molar-refractivity contribution is 0.150. The Hall–Kier alpha value is -1.59. The minimum Gasteiger partial charge on any atom is -0.504 e. The molecule has 2 rings (SSSR count). The SMILES string of the molecule is CC(N)C(O)c1ccc2ncoc2c1O. The zero-order valence-corrected chi connectivity index (χ0v) is 8.21. The van der Waals surface area contributed by atoms with E-state index in [2.05, 4.69) is 4.98 Å². The number of aromatic hydroxyl groups is 1. The number of nitrogens with zero attached hydrogens (tertiary/aromatic N) is 1. The molecule has 1 heterocycles. The number of fused-ring (bicyclic) bond motifs is 1. The van der Waals surface area contributed by atoms with Crippen LogP contribution in [0.25, 0.3) is 11.1 Å². The molecule has 0 saturated carbocycles. The summed E-state index contributed by atoms with van der Waals surface area (Å²) in [7, 11) is 0. The highest BCUT2D eigenvalue weighted by Crippen LogP contribution is 2.32. The van der Waals surface area contributed by atoms with Gasteiger partial charge in [-0.1, -0.05) is 6.07 Å². The second kappa shape index (κ2) is 3.52. The van der Waals surface area contributed by atoms with Gasteiger partial charge in [0.25, 0.3) is 0 Å². The van der Waals surface area contributed by atoms with Crippen molar-refractivity contribution in [3.05, 3.63) is 24.1 Å². The number of hydrogen-bond acceptors (Lipinski definition) is 5. The van der Waals surface area contributed by atoms with Crippen molar-refractivity contribution in [2.75, 3.05) is 0 Å². The first-order chi connectivity index (χ1) is 7.11. The van der Waals surface area contributed by atoms with E-state index in [4.69, 9.17) is 10.2 Å². The average Bonchev–Trinajstić information content (AvgIpc) is 2.66. The van der Waals surface area contributed by atoms with Crippen molar-refractivity contribution in [3.63, 3.8) is 0 Å². The van der Waals surface area contributed by atoms with Gasteiger partial charge in [0, 0.05) is 11.6 Å². The van der Waals surface area contributed by atoms with Crippen LogP contribution in [0.15, 0.2) is 22.9 Å². The van der Waals surface area contributed by atoms with E-state index < -0.39 is 12.1 Å². The third-order valence-electron chi connectivity index (χ3n) is 2.32. The van der Waals surface area contributed by atoms with E-state index in [0.29, 0.717) is 11.1 Å². The second-order valence-corrected chi connectivity index (χ2v) is 3.51. The van der Waals surface area contributed by atoms with Gasteiger partial charge in [0.1, 0.15) is 5.52 Å². The summed E-state index contributed by atoms with van der Waals surface area (Å²) < 4.78 is 5.01. The Labute approximate surface area is 86.2 Å². The smallest absolute Gasteiger partial charge is 0.196 e. The summed E-state index contributed by atoms with van der Waals surface area (Å²) in [5.41, 5.74) is 6.72. The minimum atomic E-state index is -0.917. The fourth-order valence-electron chi connectivity index (χ4n) is 1.45. The molecule has 80 valence electrons. The Morgan fingerprint density at radius 2 is 2.20 bits per heavy atom. The van der Waals surface area contributed by atoms with Crippen LogP contribution in [0.1, 0.15) is 18.6 Å². The lowest BCUT2D eigenvalue weighted by atomic mass is 10.0. The normalized spacial score (nSPS) is 15.4.